The topological polar surface area (TPSA) is 71.0 Å². The van der Waals surface area contributed by atoms with Crippen LogP contribution in [0.2, 0.25) is 0 Å². The van der Waals surface area contributed by atoms with Crippen molar-refractivity contribution in [3.05, 3.63) is 60.2 Å². The van der Waals surface area contributed by atoms with E-state index >= 15 is 0 Å². The van der Waals surface area contributed by atoms with Gasteiger partial charge in [-0.3, -0.25) is 4.79 Å². The van der Waals surface area contributed by atoms with Gasteiger partial charge in [-0.2, -0.15) is 0 Å². The van der Waals surface area contributed by atoms with Crippen LogP contribution >= 0.6 is 0 Å². The van der Waals surface area contributed by atoms with Crippen LogP contribution in [0.3, 0.4) is 0 Å². The summed E-state index contributed by atoms with van der Waals surface area (Å²) < 4.78 is 11.5. The maximum Gasteiger partial charge on any atom is 0.222 e. The van der Waals surface area contributed by atoms with Gasteiger partial charge < -0.3 is 24.8 Å². The minimum Gasteiger partial charge on any atom is -0.457 e. The van der Waals surface area contributed by atoms with Crippen molar-refractivity contribution in [2.24, 2.45) is 11.8 Å². The average Bonchev–Trinajstić information content (AvgIpc) is 2.92. The molecule has 2 aromatic rings. The second kappa shape index (κ2) is 13.2. The van der Waals surface area contributed by atoms with Gasteiger partial charge in [0.25, 0.3) is 0 Å². The Morgan fingerprint density at radius 3 is 2.67 bits per heavy atom. The molecule has 2 saturated heterocycles. The summed E-state index contributed by atoms with van der Waals surface area (Å²) >= 11 is 0. The number of carbonyl (C=O) groups excluding carboxylic acids is 1. The molecule has 0 saturated carbocycles. The number of piperidine rings is 2. The van der Waals surface area contributed by atoms with E-state index in [-0.39, 0.29) is 11.8 Å². The molecule has 2 unspecified atom stereocenters. The Bertz CT molecular complexity index is 947. The fourth-order valence-electron chi connectivity index (χ4n) is 5.80. The Kier molecular flexibility index (Phi) is 9.79. The number of hydrogen-bond donors (Lipinski definition) is 2. The van der Waals surface area contributed by atoms with E-state index in [1.165, 1.54) is 0 Å². The maximum absolute atomic E-state index is 13.3. The number of amides is 1. The second-order valence-electron chi connectivity index (χ2n) is 10.4. The quantitative estimate of drug-likeness (QED) is 0.425. The van der Waals surface area contributed by atoms with E-state index in [0.717, 1.165) is 69.5 Å². The van der Waals surface area contributed by atoms with Crippen molar-refractivity contribution < 1.29 is 19.4 Å². The van der Waals surface area contributed by atoms with Gasteiger partial charge in [-0.25, -0.2) is 0 Å². The third-order valence-corrected chi connectivity index (χ3v) is 7.79. The highest BCUT2D eigenvalue weighted by Gasteiger charge is 2.43. The maximum atomic E-state index is 13.3. The van der Waals surface area contributed by atoms with E-state index in [0.29, 0.717) is 37.7 Å². The predicted octanol–water partition coefficient (Wildman–Crippen LogP) is 5.11. The second-order valence-corrected chi connectivity index (χ2v) is 10.4. The summed E-state index contributed by atoms with van der Waals surface area (Å²) in [6.07, 6.45) is 6.96. The molecule has 2 aliphatic heterocycles. The standard InChI is InChI=1S/C30H42N2O4/c1-35-20-8-7-17-30(34,27-15-5-6-16-28(27)36-26-13-3-2-4-14-26)25-12-10-19-32(23-25)29(33)21-24-11-9-18-31-22-24/h2-6,13-16,24-25,31,34H,7-12,17-23H2,1H3/t24?,25-,30?/m1/s1. The Balaban J connectivity index is 1.55. The van der Waals surface area contributed by atoms with Crippen LogP contribution in [0.5, 0.6) is 11.5 Å². The van der Waals surface area contributed by atoms with Gasteiger partial charge in [0.05, 0.1) is 5.60 Å². The molecule has 0 radical (unpaired) electrons. The molecule has 4 rings (SSSR count). The molecule has 2 aromatic carbocycles. The van der Waals surface area contributed by atoms with E-state index in [1.807, 2.05) is 59.5 Å². The first kappa shape index (κ1) is 26.6. The number of nitrogens with one attached hydrogen (secondary N) is 1. The third-order valence-electron chi connectivity index (χ3n) is 7.79. The number of benzene rings is 2. The zero-order valence-corrected chi connectivity index (χ0v) is 21.7. The lowest BCUT2D eigenvalue weighted by molar-refractivity contribution is -0.138. The minimum absolute atomic E-state index is 0.0530. The lowest BCUT2D eigenvalue weighted by atomic mass is 9.73. The van der Waals surface area contributed by atoms with Gasteiger partial charge in [0, 0.05) is 44.7 Å². The number of ether oxygens (including phenoxy) is 2. The molecule has 0 aliphatic carbocycles. The van der Waals surface area contributed by atoms with Crippen molar-refractivity contribution in [2.45, 2.75) is 57.0 Å². The fourth-order valence-corrected chi connectivity index (χ4v) is 5.80. The summed E-state index contributed by atoms with van der Waals surface area (Å²) in [6, 6.07) is 17.5. The smallest absolute Gasteiger partial charge is 0.222 e. The van der Waals surface area contributed by atoms with Crippen LogP contribution in [0.25, 0.3) is 0 Å². The van der Waals surface area contributed by atoms with Crippen molar-refractivity contribution in [3.63, 3.8) is 0 Å². The van der Waals surface area contributed by atoms with Crippen LogP contribution in [0.1, 0.15) is 56.9 Å². The van der Waals surface area contributed by atoms with Gasteiger partial charge in [0.2, 0.25) is 5.91 Å². The van der Waals surface area contributed by atoms with Gasteiger partial charge in [-0.15, -0.1) is 0 Å². The molecule has 1 amide bonds. The van der Waals surface area contributed by atoms with Crippen LogP contribution in [0.15, 0.2) is 54.6 Å². The summed E-state index contributed by atoms with van der Waals surface area (Å²) in [7, 11) is 1.71. The molecule has 2 N–H and O–H groups in total. The highest BCUT2D eigenvalue weighted by atomic mass is 16.5. The van der Waals surface area contributed by atoms with E-state index in [1.54, 1.807) is 7.11 Å². The van der Waals surface area contributed by atoms with Crippen molar-refractivity contribution >= 4 is 5.91 Å². The van der Waals surface area contributed by atoms with Crippen molar-refractivity contribution in [3.8, 4) is 11.5 Å². The first-order valence-corrected chi connectivity index (χ1v) is 13.6. The normalized spacial score (nSPS) is 22.1. The summed E-state index contributed by atoms with van der Waals surface area (Å²) in [6.45, 7) is 4.01. The summed E-state index contributed by atoms with van der Waals surface area (Å²) in [4.78, 5) is 15.3. The van der Waals surface area contributed by atoms with Gasteiger partial charge in [-0.05, 0) is 82.2 Å². The number of carbonyl (C=O) groups is 1. The monoisotopic (exact) mass is 494 g/mol. The molecule has 6 heteroatoms. The fraction of sp³-hybridized carbons (Fsp3) is 0.567. The lowest BCUT2D eigenvalue weighted by Gasteiger charge is -2.43. The highest BCUT2D eigenvalue weighted by molar-refractivity contribution is 5.76. The summed E-state index contributed by atoms with van der Waals surface area (Å²) in [5.74, 6) is 2.01. The Morgan fingerprint density at radius 1 is 1.08 bits per heavy atom. The van der Waals surface area contributed by atoms with Crippen LogP contribution in [-0.4, -0.2) is 55.8 Å². The molecular weight excluding hydrogens is 452 g/mol. The number of para-hydroxylation sites is 2. The van der Waals surface area contributed by atoms with Gasteiger partial charge in [0.15, 0.2) is 0 Å². The number of aliphatic hydroxyl groups is 1. The lowest BCUT2D eigenvalue weighted by Crippen LogP contribution is -2.49. The average molecular weight is 495 g/mol. The van der Waals surface area contributed by atoms with Crippen LogP contribution in [0, 0.1) is 11.8 Å². The Labute approximate surface area is 216 Å². The predicted molar refractivity (Wildman–Crippen MR) is 142 cm³/mol. The number of methoxy groups -OCH3 is 1. The van der Waals surface area contributed by atoms with Crippen LogP contribution < -0.4 is 10.1 Å². The SMILES string of the molecule is COCCCCC(O)(c1ccccc1Oc1ccccc1)[C@@H]1CCCN(C(=O)CC2CCCNC2)C1. The van der Waals surface area contributed by atoms with Gasteiger partial charge >= 0.3 is 0 Å². The molecule has 0 bridgehead atoms. The first-order valence-electron chi connectivity index (χ1n) is 13.6. The molecule has 2 fully saturated rings. The molecule has 3 atom stereocenters. The van der Waals surface area contributed by atoms with Crippen molar-refractivity contribution in [1.29, 1.82) is 0 Å². The van der Waals surface area contributed by atoms with Crippen LogP contribution in [-0.2, 0) is 15.1 Å². The summed E-state index contributed by atoms with van der Waals surface area (Å²) in [5, 5.41) is 15.8. The third kappa shape index (κ3) is 6.87. The number of unbranched alkanes of at least 4 members (excludes halogenated alkanes) is 1. The number of likely N-dealkylation sites (tertiary alicyclic amines) is 1. The molecule has 2 heterocycles. The van der Waals surface area contributed by atoms with Gasteiger partial charge in [0.1, 0.15) is 11.5 Å². The largest absolute Gasteiger partial charge is 0.457 e. The number of hydrogen-bond acceptors (Lipinski definition) is 5. The van der Waals surface area contributed by atoms with E-state index in [2.05, 4.69) is 5.32 Å². The molecule has 0 aromatic heterocycles. The van der Waals surface area contributed by atoms with Crippen LogP contribution in [0.4, 0.5) is 0 Å². The zero-order chi connectivity index (χ0) is 25.2. The molecule has 36 heavy (non-hydrogen) atoms. The Morgan fingerprint density at radius 2 is 1.89 bits per heavy atom. The van der Waals surface area contributed by atoms with E-state index in [9.17, 15) is 9.90 Å². The number of rotatable bonds is 11. The van der Waals surface area contributed by atoms with E-state index in [4.69, 9.17) is 9.47 Å². The number of nitrogens with zero attached hydrogens (tertiary/aromatic N) is 1. The first-order chi connectivity index (χ1) is 17.6. The van der Waals surface area contributed by atoms with E-state index < -0.39 is 5.60 Å². The molecular formula is C30H42N2O4. The molecule has 0 spiro atoms. The zero-order valence-electron chi connectivity index (χ0n) is 21.7. The van der Waals surface area contributed by atoms with Crippen molar-refractivity contribution in [1.82, 2.24) is 10.2 Å². The molecule has 196 valence electrons. The molecule has 6 nitrogen and oxygen atoms in total. The summed E-state index contributed by atoms with van der Waals surface area (Å²) in [5.41, 5.74) is -0.285. The molecule has 2 aliphatic rings. The van der Waals surface area contributed by atoms with Crippen molar-refractivity contribution in [2.75, 3.05) is 39.9 Å². The minimum atomic E-state index is -1.09. The van der Waals surface area contributed by atoms with Gasteiger partial charge in [-0.1, -0.05) is 36.4 Å². The Hall–Kier alpha value is -2.41. The highest BCUT2D eigenvalue weighted by Crippen LogP contribution is 2.44.